The van der Waals surface area contributed by atoms with Crippen LogP contribution in [0.2, 0.25) is 0 Å². The highest BCUT2D eigenvalue weighted by Crippen LogP contribution is 2.26. The molecule has 1 unspecified atom stereocenters. The molecule has 0 saturated heterocycles. The third-order valence-electron chi connectivity index (χ3n) is 2.23. The lowest BCUT2D eigenvalue weighted by Crippen LogP contribution is -2.03. The highest BCUT2D eigenvalue weighted by molar-refractivity contribution is 9.10. The first-order valence-electron chi connectivity index (χ1n) is 4.72. The van der Waals surface area contributed by atoms with Crippen LogP contribution < -0.4 is 0 Å². The third kappa shape index (κ3) is 2.28. The summed E-state index contributed by atoms with van der Waals surface area (Å²) in [7, 11) is 0. The Morgan fingerprint density at radius 3 is 2.50 bits per heavy atom. The van der Waals surface area contributed by atoms with E-state index in [2.05, 4.69) is 20.9 Å². The van der Waals surface area contributed by atoms with Gasteiger partial charge in [-0.3, -0.25) is 4.98 Å². The Kier molecular flexibility index (Phi) is 3.31. The Bertz CT molecular complexity index is 487. The Labute approximate surface area is 101 Å². The molecular formula is C12H9BrFNO. The van der Waals surface area contributed by atoms with Crippen molar-refractivity contribution in [3.05, 3.63) is 64.1 Å². The quantitative estimate of drug-likeness (QED) is 0.918. The van der Waals surface area contributed by atoms with Crippen LogP contribution in [0, 0.1) is 5.82 Å². The van der Waals surface area contributed by atoms with Gasteiger partial charge in [-0.1, -0.05) is 12.1 Å². The number of aromatic nitrogens is 1. The Morgan fingerprint density at radius 2 is 1.88 bits per heavy atom. The van der Waals surface area contributed by atoms with Crippen molar-refractivity contribution in [2.24, 2.45) is 0 Å². The SMILES string of the molecule is OC(c1ccc(F)cc1)c1ncccc1Br. The second-order valence-electron chi connectivity index (χ2n) is 3.32. The van der Waals surface area contributed by atoms with Gasteiger partial charge in [0, 0.05) is 10.7 Å². The first-order chi connectivity index (χ1) is 7.68. The van der Waals surface area contributed by atoms with Crippen molar-refractivity contribution in [1.29, 1.82) is 0 Å². The van der Waals surface area contributed by atoms with E-state index in [-0.39, 0.29) is 5.82 Å². The molecule has 2 aromatic rings. The zero-order chi connectivity index (χ0) is 11.5. The molecule has 4 heteroatoms. The zero-order valence-electron chi connectivity index (χ0n) is 8.27. The predicted molar refractivity (Wildman–Crippen MR) is 62.4 cm³/mol. The number of rotatable bonds is 2. The van der Waals surface area contributed by atoms with Gasteiger partial charge in [-0.2, -0.15) is 0 Å². The summed E-state index contributed by atoms with van der Waals surface area (Å²) in [5, 5.41) is 10.0. The maximum Gasteiger partial charge on any atom is 0.123 e. The van der Waals surface area contributed by atoms with Crippen molar-refractivity contribution in [1.82, 2.24) is 4.98 Å². The van der Waals surface area contributed by atoms with Gasteiger partial charge in [0.15, 0.2) is 0 Å². The maximum atomic E-state index is 12.7. The second-order valence-corrected chi connectivity index (χ2v) is 4.18. The molecule has 1 heterocycles. The molecule has 82 valence electrons. The molecule has 0 radical (unpaired) electrons. The van der Waals surface area contributed by atoms with Crippen LogP contribution in [0.4, 0.5) is 4.39 Å². The van der Waals surface area contributed by atoms with E-state index in [1.807, 2.05) is 0 Å². The van der Waals surface area contributed by atoms with Crippen LogP contribution >= 0.6 is 15.9 Å². The van der Waals surface area contributed by atoms with Crippen LogP contribution in [-0.2, 0) is 0 Å². The normalized spacial score (nSPS) is 12.4. The number of benzene rings is 1. The first-order valence-corrected chi connectivity index (χ1v) is 5.52. The van der Waals surface area contributed by atoms with E-state index in [0.29, 0.717) is 11.3 Å². The number of hydrogen-bond acceptors (Lipinski definition) is 2. The highest BCUT2D eigenvalue weighted by Gasteiger charge is 2.14. The highest BCUT2D eigenvalue weighted by atomic mass is 79.9. The summed E-state index contributed by atoms with van der Waals surface area (Å²) in [6.45, 7) is 0. The summed E-state index contributed by atoms with van der Waals surface area (Å²) < 4.78 is 13.5. The van der Waals surface area contributed by atoms with Crippen molar-refractivity contribution in [2.75, 3.05) is 0 Å². The molecule has 1 aromatic heterocycles. The van der Waals surface area contributed by atoms with Gasteiger partial charge < -0.3 is 5.11 Å². The summed E-state index contributed by atoms with van der Waals surface area (Å²) >= 11 is 3.31. The molecule has 0 fully saturated rings. The maximum absolute atomic E-state index is 12.7. The molecule has 1 N–H and O–H groups in total. The minimum Gasteiger partial charge on any atom is -0.382 e. The molecule has 2 rings (SSSR count). The fourth-order valence-electron chi connectivity index (χ4n) is 1.40. The monoisotopic (exact) mass is 281 g/mol. The van der Waals surface area contributed by atoms with Crippen LogP contribution in [0.1, 0.15) is 17.4 Å². The van der Waals surface area contributed by atoms with Crippen LogP contribution in [0.25, 0.3) is 0 Å². The molecule has 1 atom stereocenters. The van der Waals surface area contributed by atoms with Gasteiger partial charge in [-0.15, -0.1) is 0 Å². The van der Waals surface area contributed by atoms with Gasteiger partial charge in [0.2, 0.25) is 0 Å². The van der Waals surface area contributed by atoms with Gasteiger partial charge in [-0.25, -0.2) is 4.39 Å². The van der Waals surface area contributed by atoms with E-state index in [0.717, 1.165) is 4.47 Å². The van der Waals surface area contributed by atoms with Crippen LogP contribution in [0.15, 0.2) is 47.1 Å². The Balaban J connectivity index is 2.35. The molecule has 0 bridgehead atoms. The summed E-state index contributed by atoms with van der Waals surface area (Å²) in [5.74, 6) is -0.323. The fourth-order valence-corrected chi connectivity index (χ4v) is 1.87. The summed E-state index contributed by atoms with van der Waals surface area (Å²) in [5.41, 5.74) is 1.13. The van der Waals surface area contributed by atoms with Crippen molar-refractivity contribution >= 4 is 15.9 Å². The summed E-state index contributed by atoms with van der Waals surface area (Å²) in [6.07, 6.45) is 0.753. The molecule has 1 aromatic carbocycles. The molecule has 0 aliphatic rings. The van der Waals surface area contributed by atoms with E-state index in [4.69, 9.17) is 0 Å². The minimum atomic E-state index is -0.851. The summed E-state index contributed by atoms with van der Waals surface area (Å²) in [6, 6.07) is 9.28. The average molecular weight is 282 g/mol. The zero-order valence-corrected chi connectivity index (χ0v) is 9.86. The molecule has 0 saturated carbocycles. The topological polar surface area (TPSA) is 33.1 Å². The van der Waals surface area contributed by atoms with Crippen molar-refractivity contribution in [3.63, 3.8) is 0 Å². The molecule has 16 heavy (non-hydrogen) atoms. The minimum absolute atomic E-state index is 0.323. The van der Waals surface area contributed by atoms with E-state index in [1.54, 1.807) is 30.5 Å². The van der Waals surface area contributed by atoms with Crippen molar-refractivity contribution in [2.45, 2.75) is 6.10 Å². The average Bonchev–Trinajstić information content (AvgIpc) is 2.30. The van der Waals surface area contributed by atoms with Crippen molar-refractivity contribution in [3.8, 4) is 0 Å². The predicted octanol–water partition coefficient (Wildman–Crippen LogP) is 3.06. The molecule has 0 aliphatic heterocycles. The number of aliphatic hydroxyl groups is 1. The summed E-state index contributed by atoms with van der Waals surface area (Å²) in [4.78, 5) is 4.09. The number of halogens is 2. The number of nitrogens with zero attached hydrogens (tertiary/aromatic N) is 1. The fraction of sp³-hybridized carbons (Fsp3) is 0.0833. The lowest BCUT2D eigenvalue weighted by molar-refractivity contribution is 0.214. The molecule has 0 spiro atoms. The van der Waals surface area contributed by atoms with E-state index in [9.17, 15) is 9.50 Å². The standard InChI is InChI=1S/C12H9BrFNO/c13-10-2-1-7-15-11(10)12(16)8-3-5-9(14)6-4-8/h1-7,12,16H. The lowest BCUT2D eigenvalue weighted by atomic mass is 10.1. The largest absolute Gasteiger partial charge is 0.382 e. The molecular weight excluding hydrogens is 273 g/mol. The number of pyridine rings is 1. The van der Waals surface area contributed by atoms with Crippen LogP contribution in [0.5, 0.6) is 0 Å². The van der Waals surface area contributed by atoms with Crippen molar-refractivity contribution < 1.29 is 9.50 Å². The first kappa shape index (κ1) is 11.2. The van der Waals surface area contributed by atoms with Gasteiger partial charge in [0.25, 0.3) is 0 Å². The van der Waals surface area contributed by atoms with Crippen LogP contribution in [0.3, 0.4) is 0 Å². The Morgan fingerprint density at radius 1 is 1.19 bits per heavy atom. The molecule has 2 nitrogen and oxygen atoms in total. The number of aliphatic hydroxyl groups excluding tert-OH is 1. The molecule has 0 amide bonds. The number of hydrogen-bond donors (Lipinski definition) is 1. The lowest BCUT2D eigenvalue weighted by Gasteiger charge is -2.11. The van der Waals surface area contributed by atoms with Gasteiger partial charge in [0.1, 0.15) is 11.9 Å². The third-order valence-corrected chi connectivity index (χ3v) is 2.90. The Hall–Kier alpha value is -1.26. The van der Waals surface area contributed by atoms with Gasteiger partial charge in [0.05, 0.1) is 5.69 Å². The van der Waals surface area contributed by atoms with E-state index < -0.39 is 6.10 Å². The van der Waals surface area contributed by atoms with E-state index >= 15 is 0 Å². The smallest absolute Gasteiger partial charge is 0.123 e. The van der Waals surface area contributed by atoms with E-state index in [1.165, 1.54) is 12.1 Å². The second kappa shape index (κ2) is 4.72. The van der Waals surface area contributed by atoms with Gasteiger partial charge >= 0.3 is 0 Å². The molecule has 0 aliphatic carbocycles. The van der Waals surface area contributed by atoms with Crippen LogP contribution in [-0.4, -0.2) is 10.1 Å². The van der Waals surface area contributed by atoms with Gasteiger partial charge in [-0.05, 0) is 45.8 Å².